The van der Waals surface area contributed by atoms with E-state index in [1.165, 1.54) is 5.56 Å². The topological polar surface area (TPSA) is 29.9 Å². The molecule has 1 aromatic heterocycles. The van der Waals surface area contributed by atoms with Crippen LogP contribution in [0.15, 0.2) is 12.4 Å². The standard InChI is InChI=1S/C9H17N3/c1-4-9(6-10-3)12-7-8(2)5-11-12/h5,7,9-10H,4,6H2,1-3H3. The van der Waals surface area contributed by atoms with E-state index in [9.17, 15) is 0 Å². The maximum Gasteiger partial charge on any atom is 0.0640 e. The third kappa shape index (κ3) is 2.08. The van der Waals surface area contributed by atoms with Crippen LogP contribution in [0.25, 0.3) is 0 Å². The van der Waals surface area contributed by atoms with Crippen molar-refractivity contribution in [1.82, 2.24) is 15.1 Å². The van der Waals surface area contributed by atoms with Crippen LogP contribution in [0.4, 0.5) is 0 Å². The Morgan fingerprint density at radius 1 is 1.67 bits per heavy atom. The van der Waals surface area contributed by atoms with Gasteiger partial charge in [-0.05, 0) is 26.0 Å². The number of aryl methyl sites for hydroxylation is 1. The fraction of sp³-hybridized carbons (Fsp3) is 0.667. The van der Waals surface area contributed by atoms with Gasteiger partial charge in [-0.15, -0.1) is 0 Å². The van der Waals surface area contributed by atoms with Crippen LogP contribution in [0.3, 0.4) is 0 Å². The van der Waals surface area contributed by atoms with Crippen LogP contribution in [-0.4, -0.2) is 23.4 Å². The molecule has 0 spiro atoms. The highest BCUT2D eigenvalue weighted by atomic mass is 15.3. The summed E-state index contributed by atoms with van der Waals surface area (Å²) in [6.07, 6.45) is 5.10. The van der Waals surface area contributed by atoms with E-state index in [4.69, 9.17) is 0 Å². The van der Waals surface area contributed by atoms with Crippen LogP contribution in [0.5, 0.6) is 0 Å². The summed E-state index contributed by atoms with van der Waals surface area (Å²) in [5.74, 6) is 0. The maximum absolute atomic E-state index is 4.28. The summed E-state index contributed by atoms with van der Waals surface area (Å²) in [6.45, 7) is 5.23. The molecule has 1 heterocycles. The van der Waals surface area contributed by atoms with E-state index in [1.54, 1.807) is 0 Å². The summed E-state index contributed by atoms with van der Waals surface area (Å²) in [7, 11) is 1.97. The fourth-order valence-electron chi connectivity index (χ4n) is 1.29. The number of aromatic nitrogens is 2. The molecular formula is C9H17N3. The van der Waals surface area contributed by atoms with Gasteiger partial charge >= 0.3 is 0 Å². The second-order valence-corrected chi connectivity index (χ2v) is 3.12. The predicted molar refractivity (Wildman–Crippen MR) is 50.2 cm³/mol. The van der Waals surface area contributed by atoms with Crippen LogP contribution >= 0.6 is 0 Å². The minimum absolute atomic E-state index is 0.490. The Morgan fingerprint density at radius 2 is 2.42 bits per heavy atom. The number of likely N-dealkylation sites (N-methyl/N-ethyl adjacent to an activating group) is 1. The fourth-order valence-corrected chi connectivity index (χ4v) is 1.29. The lowest BCUT2D eigenvalue weighted by Gasteiger charge is -2.14. The van der Waals surface area contributed by atoms with Crippen molar-refractivity contribution in [3.63, 3.8) is 0 Å². The van der Waals surface area contributed by atoms with Gasteiger partial charge in [-0.25, -0.2) is 0 Å². The Kier molecular flexibility index (Phi) is 3.29. The van der Waals surface area contributed by atoms with Crippen molar-refractivity contribution >= 4 is 0 Å². The molecular weight excluding hydrogens is 150 g/mol. The van der Waals surface area contributed by atoms with Crippen molar-refractivity contribution in [1.29, 1.82) is 0 Å². The molecule has 68 valence electrons. The van der Waals surface area contributed by atoms with E-state index >= 15 is 0 Å². The van der Waals surface area contributed by atoms with Crippen LogP contribution in [-0.2, 0) is 0 Å². The quantitative estimate of drug-likeness (QED) is 0.734. The highest BCUT2D eigenvalue weighted by Gasteiger charge is 2.06. The maximum atomic E-state index is 4.28. The Bertz CT molecular complexity index is 229. The van der Waals surface area contributed by atoms with Gasteiger partial charge in [0.05, 0.1) is 12.2 Å². The molecule has 0 bridgehead atoms. The molecule has 0 aliphatic rings. The van der Waals surface area contributed by atoms with Gasteiger partial charge in [0.25, 0.3) is 0 Å². The monoisotopic (exact) mass is 167 g/mol. The molecule has 0 saturated carbocycles. The van der Waals surface area contributed by atoms with Crippen molar-refractivity contribution in [2.45, 2.75) is 26.3 Å². The highest BCUT2D eigenvalue weighted by molar-refractivity contribution is 5.00. The van der Waals surface area contributed by atoms with Crippen molar-refractivity contribution in [2.75, 3.05) is 13.6 Å². The SMILES string of the molecule is CCC(CNC)n1cc(C)cn1. The molecule has 0 fully saturated rings. The molecule has 0 aliphatic carbocycles. The van der Waals surface area contributed by atoms with Gasteiger partial charge in [0, 0.05) is 12.7 Å². The first kappa shape index (κ1) is 9.26. The minimum Gasteiger partial charge on any atom is -0.318 e. The summed E-state index contributed by atoms with van der Waals surface area (Å²) in [5, 5.41) is 7.45. The molecule has 3 heteroatoms. The molecule has 0 radical (unpaired) electrons. The Balaban J connectivity index is 2.66. The lowest BCUT2D eigenvalue weighted by Crippen LogP contribution is -2.22. The summed E-state index contributed by atoms with van der Waals surface area (Å²) in [5.41, 5.74) is 1.23. The zero-order chi connectivity index (χ0) is 8.97. The Hall–Kier alpha value is -0.830. The Morgan fingerprint density at radius 3 is 2.83 bits per heavy atom. The summed E-state index contributed by atoms with van der Waals surface area (Å²) < 4.78 is 2.03. The summed E-state index contributed by atoms with van der Waals surface area (Å²) in [6, 6.07) is 0.490. The number of hydrogen-bond acceptors (Lipinski definition) is 2. The average molecular weight is 167 g/mol. The second kappa shape index (κ2) is 4.26. The van der Waals surface area contributed by atoms with Crippen LogP contribution in [0, 0.1) is 6.92 Å². The van der Waals surface area contributed by atoms with Crippen LogP contribution in [0.2, 0.25) is 0 Å². The highest BCUT2D eigenvalue weighted by Crippen LogP contribution is 2.09. The Labute approximate surface area is 73.8 Å². The molecule has 3 nitrogen and oxygen atoms in total. The molecule has 0 aromatic carbocycles. The molecule has 1 atom stereocenters. The first-order chi connectivity index (χ1) is 5.77. The number of nitrogens with zero attached hydrogens (tertiary/aromatic N) is 2. The summed E-state index contributed by atoms with van der Waals surface area (Å²) in [4.78, 5) is 0. The van der Waals surface area contributed by atoms with E-state index in [2.05, 4.69) is 30.5 Å². The first-order valence-corrected chi connectivity index (χ1v) is 4.43. The minimum atomic E-state index is 0.490. The third-order valence-electron chi connectivity index (χ3n) is 2.02. The third-order valence-corrected chi connectivity index (χ3v) is 2.02. The summed E-state index contributed by atoms with van der Waals surface area (Å²) >= 11 is 0. The average Bonchev–Trinajstić information content (AvgIpc) is 2.47. The molecule has 1 N–H and O–H groups in total. The van der Waals surface area contributed by atoms with E-state index in [-0.39, 0.29) is 0 Å². The lowest BCUT2D eigenvalue weighted by atomic mass is 10.2. The van der Waals surface area contributed by atoms with Gasteiger partial charge in [0.1, 0.15) is 0 Å². The normalized spacial score (nSPS) is 13.2. The van der Waals surface area contributed by atoms with Gasteiger partial charge in [-0.2, -0.15) is 5.10 Å². The molecule has 0 amide bonds. The molecule has 12 heavy (non-hydrogen) atoms. The van der Waals surface area contributed by atoms with Gasteiger partial charge < -0.3 is 5.32 Å². The van der Waals surface area contributed by atoms with Crippen molar-refractivity contribution in [3.05, 3.63) is 18.0 Å². The van der Waals surface area contributed by atoms with Crippen molar-refractivity contribution in [3.8, 4) is 0 Å². The smallest absolute Gasteiger partial charge is 0.0640 e. The van der Waals surface area contributed by atoms with Gasteiger partial charge in [0.2, 0.25) is 0 Å². The zero-order valence-corrected chi connectivity index (χ0v) is 8.04. The van der Waals surface area contributed by atoms with E-state index in [0.717, 1.165) is 13.0 Å². The van der Waals surface area contributed by atoms with Crippen molar-refractivity contribution < 1.29 is 0 Å². The largest absolute Gasteiger partial charge is 0.318 e. The van der Waals surface area contributed by atoms with Crippen molar-refractivity contribution in [2.24, 2.45) is 0 Å². The molecule has 0 saturated heterocycles. The number of hydrogen-bond donors (Lipinski definition) is 1. The van der Waals surface area contributed by atoms with Crippen LogP contribution in [0.1, 0.15) is 24.9 Å². The first-order valence-electron chi connectivity index (χ1n) is 4.43. The predicted octanol–water partition coefficient (Wildman–Crippen LogP) is 1.36. The van der Waals surface area contributed by atoms with E-state index in [0.29, 0.717) is 6.04 Å². The van der Waals surface area contributed by atoms with Crippen LogP contribution < -0.4 is 5.32 Å². The molecule has 1 unspecified atom stereocenters. The van der Waals surface area contributed by atoms with Gasteiger partial charge in [-0.3, -0.25) is 4.68 Å². The van der Waals surface area contributed by atoms with Gasteiger partial charge in [0.15, 0.2) is 0 Å². The molecule has 1 rings (SSSR count). The lowest BCUT2D eigenvalue weighted by molar-refractivity contribution is 0.425. The molecule has 0 aliphatic heterocycles. The van der Waals surface area contributed by atoms with Gasteiger partial charge in [-0.1, -0.05) is 6.92 Å². The zero-order valence-electron chi connectivity index (χ0n) is 8.04. The van der Waals surface area contributed by atoms with E-state index < -0.39 is 0 Å². The van der Waals surface area contributed by atoms with E-state index in [1.807, 2.05) is 17.9 Å². The molecule has 1 aromatic rings. The number of nitrogens with one attached hydrogen (secondary N) is 1. The number of rotatable bonds is 4. The second-order valence-electron chi connectivity index (χ2n) is 3.12.